The average Bonchev–Trinajstić information content (AvgIpc) is 2.41. The summed E-state index contributed by atoms with van der Waals surface area (Å²) in [6.07, 6.45) is 3.31. The monoisotopic (exact) mass is 249 g/mol. The van der Waals surface area contributed by atoms with Crippen molar-refractivity contribution in [3.8, 4) is 11.5 Å². The van der Waals surface area contributed by atoms with Crippen LogP contribution >= 0.6 is 0 Å². The first-order chi connectivity index (χ1) is 8.61. The molecule has 1 saturated heterocycles. The number of amides is 1. The lowest BCUT2D eigenvalue weighted by atomic mass is 9.95. The van der Waals surface area contributed by atoms with Gasteiger partial charge < -0.3 is 15.1 Å². The van der Waals surface area contributed by atoms with E-state index in [1.165, 1.54) is 18.6 Å². The molecular formula is C14H19NO3. The van der Waals surface area contributed by atoms with Crippen LogP contribution in [-0.2, 0) is 0 Å². The normalized spacial score (nSPS) is 19.8. The summed E-state index contributed by atoms with van der Waals surface area (Å²) >= 11 is 0. The Morgan fingerprint density at radius 2 is 2.17 bits per heavy atom. The van der Waals surface area contributed by atoms with Crippen LogP contribution in [0.25, 0.3) is 0 Å². The van der Waals surface area contributed by atoms with Crippen LogP contribution in [0.4, 0.5) is 0 Å². The van der Waals surface area contributed by atoms with Gasteiger partial charge in [-0.3, -0.25) is 4.79 Å². The van der Waals surface area contributed by atoms with Crippen molar-refractivity contribution in [1.82, 2.24) is 4.90 Å². The number of hydrogen-bond acceptors (Lipinski definition) is 3. The summed E-state index contributed by atoms with van der Waals surface area (Å²) in [6.45, 7) is 3.71. The van der Waals surface area contributed by atoms with E-state index < -0.39 is 0 Å². The first-order valence-corrected chi connectivity index (χ1v) is 6.43. The fraction of sp³-hybridized carbons (Fsp3) is 0.500. The molecule has 0 aliphatic carbocycles. The number of aromatic hydroxyl groups is 2. The fourth-order valence-corrected chi connectivity index (χ4v) is 2.42. The van der Waals surface area contributed by atoms with Gasteiger partial charge in [0.05, 0.1) is 0 Å². The number of nitrogens with zero attached hydrogens (tertiary/aromatic N) is 1. The quantitative estimate of drug-likeness (QED) is 0.791. The molecule has 2 N–H and O–H groups in total. The number of benzene rings is 1. The predicted octanol–water partition coefficient (Wildman–Crippen LogP) is 2.36. The molecule has 1 unspecified atom stereocenters. The van der Waals surface area contributed by atoms with E-state index in [-0.39, 0.29) is 17.4 Å². The number of carbonyl (C=O) groups is 1. The molecule has 1 amide bonds. The van der Waals surface area contributed by atoms with Gasteiger partial charge in [0.25, 0.3) is 5.91 Å². The smallest absolute Gasteiger partial charge is 0.254 e. The summed E-state index contributed by atoms with van der Waals surface area (Å²) in [4.78, 5) is 14.1. The zero-order chi connectivity index (χ0) is 13.1. The zero-order valence-electron chi connectivity index (χ0n) is 10.6. The zero-order valence-corrected chi connectivity index (χ0v) is 10.6. The van der Waals surface area contributed by atoms with Crippen molar-refractivity contribution in [3.05, 3.63) is 23.8 Å². The van der Waals surface area contributed by atoms with Gasteiger partial charge in [0, 0.05) is 18.7 Å². The van der Waals surface area contributed by atoms with Gasteiger partial charge in [-0.1, -0.05) is 13.3 Å². The summed E-state index contributed by atoms with van der Waals surface area (Å²) in [5.74, 6) is 0.0680. The molecule has 1 aromatic rings. The minimum atomic E-state index is -0.245. The molecule has 0 saturated carbocycles. The van der Waals surface area contributed by atoms with E-state index in [1.807, 2.05) is 4.90 Å². The standard InChI is InChI=1S/C14H19NO3/c1-2-10-4-3-7-15(9-10)14(18)11-5-6-12(16)13(17)8-11/h5-6,8,10,16-17H,2-4,7,9H2,1H3. The van der Waals surface area contributed by atoms with Crippen molar-refractivity contribution >= 4 is 5.91 Å². The summed E-state index contributed by atoms with van der Waals surface area (Å²) < 4.78 is 0. The third-order valence-electron chi connectivity index (χ3n) is 3.61. The molecule has 4 heteroatoms. The Labute approximate surface area is 107 Å². The first kappa shape index (κ1) is 12.7. The second-order valence-corrected chi connectivity index (χ2v) is 4.87. The molecular weight excluding hydrogens is 230 g/mol. The van der Waals surface area contributed by atoms with Crippen molar-refractivity contribution < 1.29 is 15.0 Å². The Kier molecular flexibility index (Phi) is 3.75. The Balaban J connectivity index is 2.12. The molecule has 0 bridgehead atoms. The molecule has 1 atom stereocenters. The van der Waals surface area contributed by atoms with E-state index in [4.69, 9.17) is 0 Å². The third kappa shape index (κ3) is 2.58. The van der Waals surface area contributed by atoms with Crippen molar-refractivity contribution in [2.24, 2.45) is 5.92 Å². The topological polar surface area (TPSA) is 60.8 Å². The van der Waals surface area contributed by atoms with E-state index >= 15 is 0 Å². The van der Waals surface area contributed by atoms with Crippen molar-refractivity contribution in [2.75, 3.05) is 13.1 Å². The van der Waals surface area contributed by atoms with Crippen molar-refractivity contribution in [3.63, 3.8) is 0 Å². The van der Waals surface area contributed by atoms with Crippen LogP contribution in [0, 0.1) is 5.92 Å². The SMILES string of the molecule is CCC1CCCN(C(=O)c2ccc(O)c(O)c2)C1. The molecule has 0 spiro atoms. The highest BCUT2D eigenvalue weighted by atomic mass is 16.3. The minimum absolute atomic E-state index is 0.0662. The molecule has 18 heavy (non-hydrogen) atoms. The van der Waals surface area contributed by atoms with E-state index in [1.54, 1.807) is 6.07 Å². The Morgan fingerprint density at radius 3 is 2.83 bits per heavy atom. The lowest BCUT2D eigenvalue weighted by molar-refractivity contribution is 0.0671. The fourth-order valence-electron chi connectivity index (χ4n) is 2.42. The van der Waals surface area contributed by atoms with Gasteiger partial charge in [-0.25, -0.2) is 0 Å². The highest BCUT2D eigenvalue weighted by Gasteiger charge is 2.23. The van der Waals surface area contributed by atoms with Crippen LogP contribution in [0.15, 0.2) is 18.2 Å². The first-order valence-electron chi connectivity index (χ1n) is 6.43. The van der Waals surface area contributed by atoms with Crippen LogP contribution in [0.1, 0.15) is 36.5 Å². The van der Waals surface area contributed by atoms with E-state index in [2.05, 4.69) is 6.92 Å². The molecule has 2 rings (SSSR count). The summed E-state index contributed by atoms with van der Waals surface area (Å²) in [5, 5.41) is 18.7. The molecule has 1 aliphatic rings. The number of phenolic OH excluding ortho intramolecular Hbond substituents is 2. The Morgan fingerprint density at radius 1 is 1.39 bits per heavy atom. The van der Waals surface area contributed by atoms with E-state index in [9.17, 15) is 15.0 Å². The average molecular weight is 249 g/mol. The van der Waals surface area contributed by atoms with Gasteiger partial charge in [0.1, 0.15) is 0 Å². The second-order valence-electron chi connectivity index (χ2n) is 4.87. The highest BCUT2D eigenvalue weighted by Crippen LogP contribution is 2.27. The third-order valence-corrected chi connectivity index (χ3v) is 3.61. The van der Waals surface area contributed by atoms with Gasteiger partial charge >= 0.3 is 0 Å². The van der Waals surface area contributed by atoms with Gasteiger partial charge in [0.2, 0.25) is 0 Å². The Hall–Kier alpha value is -1.71. The van der Waals surface area contributed by atoms with Gasteiger partial charge in [-0.2, -0.15) is 0 Å². The van der Waals surface area contributed by atoms with Crippen LogP contribution in [-0.4, -0.2) is 34.1 Å². The van der Waals surface area contributed by atoms with Crippen LogP contribution < -0.4 is 0 Å². The summed E-state index contributed by atoms with van der Waals surface area (Å²) in [5.41, 5.74) is 0.432. The van der Waals surface area contributed by atoms with Crippen LogP contribution in [0.5, 0.6) is 11.5 Å². The maximum Gasteiger partial charge on any atom is 0.254 e. The van der Waals surface area contributed by atoms with E-state index in [0.717, 1.165) is 25.9 Å². The molecule has 98 valence electrons. The number of hydrogen-bond donors (Lipinski definition) is 2. The van der Waals surface area contributed by atoms with Crippen LogP contribution in [0.3, 0.4) is 0 Å². The second kappa shape index (κ2) is 5.29. The van der Waals surface area contributed by atoms with Gasteiger partial charge in [-0.05, 0) is 37.0 Å². The van der Waals surface area contributed by atoms with Gasteiger partial charge in [-0.15, -0.1) is 0 Å². The number of phenols is 2. The molecule has 0 aromatic heterocycles. The highest BCUT2D eigenvalue weighted by molar-refractivity contribution is 5.95. The molecule has 0 radical (unpaired) electrons. The number of rotatable bonds is 2. The largest absolute Gasteiger partial charge is 0.504 e. The molecule has 1 fully saturated rings. The van der Waals surface area contributed by atoms with Crippen molar-refractivity contribution in [1.29, 1.82) is 0 Å². The molecule has 1 aromatic carbocycles. The Bertz CT molecular complexity index is 445. The number of piperidine rings is 1. The van der Waals surface area contributed by atoms with Gasteiger partial charge in [0.15, 0.2) is 11.5 Å². The minimum Gasteiger partial charge on any atom is -0.504 e. The molecule has 4 nitrogen and oxygen atoms in total. The summed E-state index contributed by atoms with van der Waals surface area (Å²) in [7, 11) is 0. The lowest BCUT2D eigenvalue weighted by Crippen LogP contribution is -2.39. The van der Waals surface area contributed by atoms with E-state index in [0.29, 0.717) is 11.5 Å². The maximum atomic E-state index is 12.3. The number of likely N-dealkylation sites (tertiary alicyclic amines) is 1. The molecule has 1 aliphatic heterocycles. The number of carbonyl (C=O) groups excluding carboxylic acids is 1. The summed E-state index contributed by atoms with van der Waals surface area (Å²) in [6, 6.07) is 4.23. The lowest BCUT2D eigenvalue weighted by Gasteiger charge is -2.32. The van der Waals surface area contributed by atoms with Crippen LogP contribution in [0.2, 0.25) is 0 Å². The van der Waals surface area contributed by atoms with Crippen molar-refractivity contribution in [2.45, 2.75) is 26.2 Å². The maximum absolute atomic E-state index is 12.3. The molecule has 1 heterocycles. The predicted molar refractivity (Wildman–Crippen MR) is 68.7 cm³/mol.